The third-order valence-electron chi connectivity index (χ3n) is 5.22. The van der Waals surface area contributed by atoms with Crippen LogP contribution in [0.5, 0.6) is 0 Å². The van der Waals surface area contributed by atoms with Gasteiger partial charge in [-0.15, -0.1) is 0 Å². The third-order valence-corrected chi connectivity index (χ3v) is 5.22. The van der Waals surface area contributed by atoms with Gasteiger partial charge in [0.15, 0.2) is 0 Å². The third kappa shape index (κ3) is 4.15. The predicted molar refractivity (Wildman–Crippen MR) is 110 cm³/mol. The number of fused-ring (bicyclic) bond motifs is 1. The highest BCUT2D eigenvalue weighted by Gasteiger charge is 2.19. The molecule has 4 rings (SSSR count). The second-order valence-electron chi connectivity index (χ2n) is 7.72. The molecule has 148 valence electrons. The molecule has 0 aromatic carbocycles. The fraction of sp³-hybridized carbons (Fsp3) is 0.476. The average molecular weight is 380 g/mol. The number of hydrogen-bond donors (Lipinski definition) is 1. The maximum atomic E-state index is 5.42. The van der Waals surface area contributed by atoms with Gasteiger partial charge in [0.2, 0.25) is 5.95 Å². The van der Waals surface area contributed by atoms with Gasteiger partial charge in [-0.25, -0.2) is 9.97 Å². The highest BCUT2D eigenvalue weighted by Crippen LogP contribution is 2.23. The van der Waals surface area contributed by atoms with Gasteiger partial charge in [0.25, 0.3) is 0 Å². The summed E-state index contributed by atoms with van der Waals surface area (Å²) in [5.74, 6) is 2.09. The first-order valence-corrected chi connectivity index (χ1v) is 9.93. The van der Waals surface area contributed by atoms with Crippen LogP contribution in [0.15, 0.2) is 35.1 Å². The Morgan fingerprint density at radius 3 is 2.68 bits per heavy atom. The number of likely N-dealkylation sites (N-methyl/N-ethyl adjacent to an activating group) is 1. The maximum absolute atomic E-state index is 5.42. The summed E-state index contributed by atoms with van der Waals surface area (Å²) in [6.45, 7) is 9.57. The fourth-order valence-corrected chi connectivity index (χ4v) is 3.41. The van der Waals surface area contributed by atoms with E-state index in [9.17, 15) is 0 Å². The van der Waals surface area contributed by atoms with Crippen LogP contribution in [-0.2, 0) is 13.1 Å². The van der Waals surface area contributed by atoms with E-state index in [1.165, 1.54) is 0 Å². The van der Waals surface area contributed by atoms with E-state index in [1.54, 1.807) is 6.26 Å². The molecule has 0 radical (unpaired) electrons. The van der Waals surface area contributed by atoms with E-state index in [0.717, 1.165) is 60.2 Å². The molecule has 1 N–H and O–H groups in total. The van der Waals surface area contributed by atoms with Crippen molar-refractivity contribution in [2.24, 2.45) is 0 Å². The zero-order chi connectivity index (χ0) is 19.5. The second kappa shape index (κ2) is 8.24. The predicted octanol–water partition coefficient (Wildman–Crippen LogP) is 2.78. The van der Waals surface area contributed by atoms with E-state index >= 15 is 0 Å². The summed E-state index contributed by atoms with van der Waals surface area (Å²) < 4.78 is 5.42. The summed E-state index contributed by atoms with van der Waals surface area (Å²) in [6.07, 6.45) is 3.59. The van der Waals surface area contributed by atoms with Gasteiger partial charge in [-0.2, -0.15) is 0 Å². The molecule has 1 saturated heterocycles. The van der Waals surface area contributed by atoms with Crippen molar-refractivity contribution in [3.63, 3.8) is 0 Å². The van der Waals surface area contributed by atoms with Crippen LogP contribution in [0.4, 0.5) is 5.95 Å². The van der Waals surface area contributed by atoms with E-state index in [4.69, 9.17) is 14.4 Å². The maximum Gasteiger partial charge on any atom is 0.226 e. The van der Waals surface area contributed by atoms with E-state index in [-0.39, 0.29) is 0 Å². The number of rotatable bonds is 6. The van der Waals surface area contributed by atoms with Crippen molar-refractivity contribution in [2.75, 3.05) is 38.1 Å². The number of furan rings is 1. The zero-order valence-corrected chi connectivity index (χ0v) is 16.9. The quantitative estimate of drug-likeness (QED) is 0.705. The molecule has 3 aromatic rings. The molecule has 1 aliphatic rings. The average Bonchev–Trinajstić information content (AvgIpc) is 3.21. The molecule has 0 spiro atoms. The first-order valence-electron chi connectivity index (χ1n) is 9.93. The molecule has 1 aliphatic heterocycles. The minimum Gasteiger partial charge on any atom is -0.468 e. The molecule has 0 amide bonds. The first-order chi connectivity index (χ1) is 13.6. The Kier molecular flexibility index (Phi) is 5.54. The minimum absolute atomic E-state index is 0.366. The highest BCUT2D eigenvalue weighted by atomic mass is 16.3. The molecule has 0 bridgehead atoms. The topological polar surface area (TPSA) is 70.3 Å². The second-order valence-corrected chi connectivity index (χ2v) is 7.72. The molecule has 0 saturated carbocycles. The molecule has 7 nitrogen and oxygen atoms in total. The van der Waals surface area contributed by atoms with Crippen molar-refractivity contribution < 1.29 is 4.42 Å². The molecule has 1 fully saturated rings. The lowest BCUT2D eigenvalue weighted by atomic mass is 10.1. The highest BCUT2D eigenvalue weighted by molar-refractivity contribution is 5.81. The van der Waals surface area contributed by atoms with Gasteiger partial charge >= 0.3 is 0 Å². The molecular weight excluding hydrogens is 352 g/mol. The lowest BCUT2D eigenvalue weighted by molar-refractivity contribution is 0.311. The Morgan fingerprint density at radius 1 is 1.14 bits per heavy atom. The lowest BCUT2D eigenvalue weighted by Crippen LogP contribution is -2.45. The van der Waals surface area contributed by atoms with Crippen LogP contribution in [0.3, 0.4) is 0 Å². The molecule has 0 atom stereocenters. The zero-order valence-electron chi connectivity index (χ0n) is 16.9. The largest absolute Gasteiger partial charge is 0.468 e. The van der Waals surface area contributed by atoms with Crippen molar-refractivity contribution >= 4 is 16.9 Å². The summed E-state index contributed by atoms with van der Waals surface area (Å²) in [6, 6.07) is 6.02. The van der Waals surface area contributed by atoms with Gasteiger partial charge in [0.05, 0.1) is 30.2 Å². The Morgan fingerprint density at radius 2 is 1.96 bits per heavy atom. The van der Waals surface area contributed by atoms with E-state index in [1.807, 2.05) is 18.3 Å². The molecule has 3 aromatic heterocycles. The van der Waals surface area contributed by atoms with Crippen LogP contribution in [0, 0.1) is 0 Å². The van der Waals surface area contributed by atoms with Crippen LogP contribution in [0.25, 0.3) is 10.9 Å². The molecule has 0 unspecified atom stereocenters. The Labute approximate surface area is 165 Å². The Balaban J connectivity index is 1.64. The van der Waals surface area contributed by atoms with Crippen molar-refractivity contribution in [3.05, 3.63) is 47.8 Å². The monoisotopic (exact) mass is 380 g/mol. The summed E-state index contributed by atoms with van der Waals surface area (Å²) in [5, 5.41) is 4.52. The number of aromatic nitrogens is 3. The molecule has 4 heterocycles. The SMILES string of the molecule is CC(C)c1cc2c(CNCc3ccco3)nc(N3CCN(C)CC3)nc2cn1. The van der Waals surface area contributed by atoms with Crippen LogP contribution < -0.4 is 10.2 Å². The number of nitrogens with zero attached hydrogens (tertiary/aromatic N) is 5. The smallest absolute Gasteiger partial charge is 0.226 e. The first kappa shape index (κ1) is 18.8. The Bertz CT molecular complexity index is 916. The van der Waals surface area contributed by atoms with Gasteiger partial charge in [-0.1, -0.05) is 13.8 Å². The number of hydrogen-bond acceptors (Lipinski definition) is 7. The van der Waals surface area contributed by atoms with E-state index in [0.29, 0.717) is 19.0 Å². The van der Waals surface area contributed by atoms with Crippen LogP contribution in [0.1, 0.15) is 36.9 Å². The Hall–Kier alpha value is -2.51. The summed E-state index contributed by atoms with van der Waals surface area (Å²) in [5.41, 5.74) is 2.98. The number of pyridine rings is 1. The van der Waals surface area contributed by atoms with Crippen molar-refractivity contribution in [3.8, 4) is 0 Å². The summed E-state index contributed by atoms with van der Waals surface area (Å²) >= 11 is 0. The molecule has 0 aliphatic carbocycles. The van der Waals surface area contributed by atoms with Crippen molar-refractivity contribution in [2.45, 2.75) is 32.9 Å². The number of nitrogens with one attached hydrogen (secondary N) is 1. The van der Waals surface area contributed by atoms with Gasteiger partial charge in [0.1, 0.15) is 5.76 Å². The van der Waals surface area contributed by atoms with Gasteiger partial charge in [-0.05, 0) is 31.2 Å². The van der Waals surface area contributed by atoms with Crippen LogP contribution >= 0.6 is 0 Å². The van der Waals surface area contributed by atoms with E-state index in [2.05, 4.69) is 47.1 Å². The van der Waals surface area contributed by atoms with Crippen molar-refractivity contribution in [1.29, 1.82) is 0 Å². The lowest BCUT2D eigenvalue weighted by Gasteiger charge is -2.32. The van der Waals surface area contributed by atoms with Gasteiger partial charge < -0.3 is 19.5 Å². The summed E-state index contributed by atoms with van der Waals surface area (Å²) in [4.78, 5) is 19.0. The molecular formula is C21H28N6O. The van der Waals surface area contributed by atoms with E-state index < -0.39 is 0 Å². The minimum atomic E-state index is 0.366. The molecule has 7 heteroatoms. The van der Waals surface area contributed by atoms with Crippen LogP contribution in [0.2, 0.25) is 0 Å². The fourth-order valence-electron chi connectivity index (χ4n) is 3.41. The standard InChI is InChI=1S/C21H28N6O/c1-15(2)18-11-17-19(13-22-12-16-5-4-10-28-16)24-21(25-20(17)14-23-18)27-8-6-26(3)7-9-27/h4-5,10-11,14-15,22H,6-9,12-13H2,1-3H3. The normalized spacial score (nSPS) is 15.6. The van der Waals surface area contributed by atoms with Gasteiger partial charge in [0, 0.05) is 43.8 Å². The summed E-state index contributed by atoms with van der Waals surface area (Å²) in [7, 11) is 2.15. The van der Waals surface area contributed by atoms with Crippen molar-refractivity contribution in [1.82, 2.24) is 25.2 Å². The molecule has 28 heavy (non-hydrogen) atoms. The number of piperazine rings is 1. The van der Waals surface area contributed by atoms with Crippen LogP contribution in [-0.4, -0.2) is 53.1 Å². The number of anilines is 1. The van der Waals surface area contributed by atoms with Gasteiger partial charge in [-0.3, -0.25) is 4.98 Å².